The Labute approximate surface area is 123 Å². The first-order valence-corrected chi connectivity index (χ1v) is 7.29. The first-order chi connectivity index (χ1) is 9.22. The molecule has 19 heavy (non-hydrogen) atoms. The van der Waals surface area contributed by atoms with Crippen molar-refractivity contribution in [3.05, 3.63) is 22.2 Å². The number of hydrogen-bond donors (Lipinski definition) is 1. The van der Waals surface area contributed by atoms with Crippen LogP contribution >= 0.6 is 15.9 Å². The van der Waals surface area contributed by atoms with Gasteiger partial charge in [-0.25, -0.2) is 0 Å². The Hall–Kier alpha value is -0.780. The minimum Gasteiger partial charge on any atom is -0.493 e. The molecule has 1 aromatic rings. The van der Waals surface area contributed by atoms with Crippen molar-refractivity contribution in [3.8, 4) is 11.5 Å². The molecule has 0 aliphatic rings. The van der Waals surface area contributed by atoms with Gasteiger partial charge in [0, 0.05) is 13.2 Å². The fourth-order valence-electron chi connectivity index (χ4n) is 1.63. The highest BCUT2D eigenvalue weighted by molar-refractivity contribution is 9.10. The Bertz CT molecular complexity index is 385. The molecule has 0 spiro atoms. The van der Waals surface area contributed by atoms with Gasteiger partial charge in [-0.1, -0.05) is 6.92 Å². The highest BCUT2D eigenvalue weighted by Gasteiger charge is 2.11. The van der Waals surface area contributed by atoms with Crippen molar-refractivity contribution < 1.29 is 14.2 Å². The average Bonchev–Trinajstić information content (AvgIpc) is 2.42. The van der Waals surface area contributed by atoms with Gasteiger partial charge in [0.05, 0.1) is 18.2 Å². The van der Waals surface area contributed by atoms with Gasteiger partial charge < -0.3 is 19.5 Å². The van der Waals surface area contributed by atoms with E-state index in [0.29, 0.717) is 19.8 Å². The molecule has 0 radical (unpaired) electrons. The maximum atomic E-state index is 5.70. The maximum absolute atomic E-state index is 5.70. The Morgan fingerprint density at radius 1 is 1.21 bits per heavy atom. The molecular weight excluding hydrogens is 310 g/mol. The van der Waals surface area contributed by atoms with Crippen molar-refractivity contribution >= 4 is 15.9 Å². The zero-order valence-corrected chi connectivity index (χ0v) is 13.4. The van der Waals surface area contributed by atoms with E-state index in [2.05, 4.69) is 28.2 Å². The molecule has 4 nitrogen and oxygen atoms in total. The zero-order chi connectivity index (χ0) is 14.1. The van der Waals surface area contributed by atoms with E-state index >= 15 is 0 Å². The lowest BCUT2D eigenvalue weighted by atomic mass is 10.2. The Morgan fingerprint density at radius 2 is 2.00 bits per heavy atom. The standard InChI is InChI=1S/C14H22BrNO3/c1-4-16-10-11-8-12(15)14(13(9-11)17-3)19-7-6-18-5-2/h8-9,16H,4-7,10H2,1-3H3. The van der Waals surface area contributed by atoms with Crippen LogP contribution in [-0.2, 0) is 11.3 Å². The Balaban J connectivity index is 2.73. The van der Waals surface area contributed by atoms with Crippen molar-refractivity contribution in [3.63, 3.8) is 0 Å². The summed E-state index contributed by atoms with van der Waals surface area (Å²) in [4.78, 5) is 0. The molecule has 0 aliphatic heterocycles. The first-order valence-electron chi connectivity index (χ1n) is 6.50. The summed E-state index contributed by atoms with van der Waals surface area (Å²) in [7, 11) is 1.65. The van der Waals surface area contributed by atoms with E-state index in [1.807, 2.05) is 19.1 Å². The molecule has 0 saturated carbocycles. The molecule has 1 aromatic carbocycles. The van der Waals surface area contributed by atoms with Crippen LogP contribution in [0.3, 0.4) is 0 Å². The number of rotatable bonds is 9. The lowest BCUT2D eigenvalue weighted by Gasteiger charge is -2.14. The van der Waals surface area contributed by atoms with E-state index < -0.39 is 0 Å². The average molecular weight is 332 g/mol. The fourth-order valence-corrected chi connectivity index (χ4v) is 2.24. The number of hydrogen-bond acceptors (Lipinski definition) is 4. The molecule has 0 amide bonds. The van der Waals surface area contributed by atoms with Crippen molar-refractivity contribution in [1.82, 2.24) is 5.32 Å². The normalized spacial score (nSPS) is 10.5. The van der Waals surface area contributed by atoms with Gasteiger partial charge in [0.15, 0.2) is 11.5 Å². The van der Waals surface area contributed by atoms with Crippen molar-refractivity contribution in [2.75, 3.05) is 33.5 Å². The molecule has 0 aliphatic carbocycles. The van der Waals surface area contributed by atoms with Crippen LogP contribution in [-0.4, -0.2) is 33.5 Å². The van der Waals surface area contributed by atoms with Crippen LogP contribution in [0.2, 0.25) is 0 Å². The topological polar surface area (TPSA) is 39.7 Å². The van der Waals surface area contributed by atoms with E-state index in [0.717, 1.165) is 34.6 Å². The molecule has 0 atom stereocenters. The number of halogens is 1. The maximum Gasteiger partial charge on any atom is 0.175 e. The zero-order valence-electron chi connectivity index (χ0n) is 11.8. The SMILES string of the molecule is CCNCc1cc(Br)c(OCCOCC)c(OC)c1. The summed E-state index contributed by atoms with van der Waals surface area (Å²) in [6, 6.07) is 4.03. The molecule has 108 valence electrons. The predicted molar refractivity (Wildman–Crippen MR) is 80.1 cm³/mol. The van der Waals surface area contributed by atoms with E-state index in [9.17, 15) is 0 Å². The monoisotopic (exact) mass is 331 g/mol. The third-order valence-corrected chi connectivity index (χ3v) is 3.14. The molecule has 0 aromatic heterocycles. The highest BCUT2D eigenvalue weighted by Crippen LogP contribution is 2.36. The highest BCUT2D eigenvalue weighted by atomic mass is 79.9. The number of ether oxygens (including phenoxy) is 3. The largest absolute Gasteiger partial charge is 0.493 e. The molecule has 0 fully saturated rings. The summed E-state index contributed by atoms with van der Waals surface area (Å²) in [5.41, 5.74) is 1.16. The van der Waals surface area contributed by atoms with Crippen LogP contribution in [0.1, 0.15) is 19.4 Å². The third-order valence-electron chi connectivity index (χ3n) is 2.55. The van der Waals surface area contributed by atoms with E-state index in [4.69, 9.17) is 14.2 Å². The molecule has 0 unspecified atom stereocenters. The van der Waals surface area contributed by atoms with Crippen molar-refractivity contribution in [2.24, 2.45) is 0 Å². The van der Waals surface area contributed by atoms with Gasteiger partial charge in [-0.3, -0.25) is 0 Å². The lowest BCUT2D eigenvalue weighted by Crippen LogP contribution is -2.12. The molecule has 0 heterocycles. The first kappa shape index (κ1) is 16.3. The number of nitrogens with one attached hydrogen (secondary N) is 1. The third kappa shape index (κ3) is 5.38. The van der Waals surface area contributed by atoms with E-state index in [-0.39, 0.29) is 0 Å². The Morgan fingerprint density at radius 3 is 2.63 bits per heavy atom. The van der Waals surface area contributed by atoms with Gasteiger partial charge in [0.2, 0.25) is 0 Å². The summed E-state index contributed by atoms with van der Waals surface area (Å²) >= 11 is 3.53. The van der Waals surface area contributed by atoms with Crippen LogP contribution in [0.15, 0.2) is 16.6 Å². The Kier molecular flexibility index (Phi) is 7.86. The van der Waals surface area contributed by atoms with Gasteiger partial charge in [0.1, 0.15) is 6.61 Å². The van der Waals surface area contributed by atoms with Gasteiger partial charge >= 0.3 is 0 Å². The second-order valence-corrected chi connectivity index (χ2v) is 4.79. The molecule has 0 saturated heterocycles. The second kappa shape index (κ2) is 9.18. The number of methoxy groups -OCH3 is 1. The smallest absolute Gasteiger partial charge is 0.175 e. The quantitative estimate of drug-likeness (QED) is 0.706. The minimum atomic E-state index is 0.509. The minimum absolute atomic E-state index is 0.509. The number of benzene rings is 1. The van der Waals surface area contributed by atoms with Crippen molar-refractivity contribution in [1.29, 1.82) is 0 Å². The molecule has 1 N–H and O–H groups in total. The second-order valence-electron chi connectivity index (χ2n) is 3.93. The van der Waals surface area contributed by atoms with Crippen LogP contribution in [0.25, 0.3) is 0 Å². The lowest BCUT2D eigenvalue weighted by molar-refractivity contribution is 0.108. The van der Waals surface area contributed by atoms with Crippen LogP contribution in [0, 0.1) is 0 Å². The molecular formula is C14H22BrNO3. The van der Waals surface area contributed by atoms with Gasteiger partial charge in [-0.15, -0.1) is 0 Å². The van der Waals surface area contributed by atoms with Crippen LogP contribution in [0.4, 0.5) is 0 Å². The van der Waals surface area contributed by atoms with Gasteiger partial charge in [-0.05, 0) is 47.1 Å². The van der Waals surface area contributed by atoms with Crippen LogP contribution in [0.5, 0.6) is 11.5 Å². The summed E-state index contributed by atoms with van der Waals surface area (Å²) in [5, 5.41) is 3.29. The molecule has 1 rings (SSSR count). The van der Waals surface area contributed by atoms with E-state index in [1.54, 1.807) is 7.11 Å². The summed E-state index contributed by atoms with van der Waals surface area (Å²) in [6.45, 7) is 7.57. The fraction of sp³-hybridized carbons (Fsp3) is 0.571. The summed E-state index contributed by atoms with van der Waals surface area (Å²) < 4.78 is 17.2. The van der Waals surface area contributed by atoms with Gasteiger partial charge in [-0.2, -0.15) is 0 Å². The summed E-state index contributed by atoms with van der Waals surface area (Å²) in [5.74, 6) is 1.46. The van der Waals surface area contributed by atoms with Crippen LogP contribution < -0.4 is 14.8 Å². The van der Waals surface area contributed by atoms with Gasteiger partial charge in [0.25, 0.3) is 0 Å². The van der Waals surface area contributed by atoms with Crippen molar-refractivity contribution in [2.45, 2.75) is 20.4 Å². The molecule has 0 bridgehead atoms. The predicted octanol–water partition coefficient (Wildman–Crippen LogP) is 2.98. The summed E-state index contributed by atoms with van der Waals surface area (Å²) in [6.07, 6.45) is 0. The van der Waals surface area contributed by atoms with E-state index in [1.165, 1.54) is 0 Å². The molecule has 5 heteroatoms.